The summed E-state index contributed by atoms with van der Waals surface area (Å²) in [6.45, 7) is 0.617. The Hall–Kier alpha value is -2.81. The van der Waals surface area contributed by atoms with E-state index in [0.717, 1.165) is 5.56 Å². The number of nitriles is 1. The zero-order valence-corrected chi connectivity index (χ0v) is 15.0. The molecule has 0 aliphatic carbocycles. The van der Waals surface area contributed by atoms with Gasteiger partial charge in [-0.2, -0.15) is 5.26 Å². The molecule has 0 aromatic heterocycles. The molecule has 0 aliphatic heterocycles. The van der Waals surface area contributed by atoms with E-state index >= 15 is 0 Å². The van der Waals surface area contributed by atoms with Crippen molar-refractivity contribution in [1.29, 1.82) is 5.26 Å². The van der Waals surface area contributed by atoms with Crippen LogP contribution in [0.25, 0.3) is 6.08 Å². The SMILES string of the molecule is COCCOC(=O)C(C#N)=Cc1ccccc1OCc1ccccc1Cl. The van der Waals surface area contributed by atoms with Gasteiger partial charge in [0.05, 0.1) is 6.61 Å². The Kier molecular flexibility index (Phi) is 7.69. The first-order valence-corrected chi connectivity index (χ1v) is 8.26. The Morgan fingerprint density at radius 1 is 1.15 bits per heavy atom. The fourth-order valence-electron chi connectivity index (χ4n) is 2.09. The molecule has 26 heavy (non-hydrogen) atoms. The van der Waals surface area contributed by atoms with E-state index in [-0.39, 0.29) is 25.4 Å². The molecule has 6 heteroatoms. The van der Waals surface area contributed by atoms with Crippen LogP contribution >= 0.6 is 11.6 Å². The van der Waals surface area contributed by atoms with Gasteiger partial charge in [-0.15, -0.1) is 0 Å². The number of para-hydroxylation sites is 1. The van der Waals surface area contributed by atoms with E-state index in [2.05, 4.69) is 0 Å². The normalized spacial score (nSPS) is 10.9. The van der Waals surface area contributed by atoms with Crippen molar-refractivity contribution in [1.82, 2.24) is 0 Å². The summed E-state index contributed by atoms with van der Waals surface area (Å²) in [4.78, 5) is 12.0. The molecule has 0 saturated carbocycles. The average molecular weight is 372 g/mol. The van der Waals surface area contributed by atoms with Crippen LogP contribution in [-0.2, 0) is 20.9 Å². The summed E-state index contributed by atoms with van der Waals surface area (Å²) in [5.74, 6) is -0.171. The van der Waals surface area contributed by atoms with Crippen LogP contribution in [0.2, 0.25) is 5.02 Å². The number of halogens is 1. The number of carbonyl (C=O) groups excluding carboxylic acids is 1. The molecule has 0 aliphatic rings. The average Bonchev–Trinajstić information content (AvgIpc) is 2.66. The lowest BCUT2D eigenvalue weighted by atomic mass is 10.1. The minimum Gasteiger partial charge on any atom is -0.488 e. The van der Waals surface area contributed by atoms with Crippen molar-refractivity contribution in [3.8, 4) is 11.8 Å². The molecule has 0 amide bonds. The van der Waals surface area contributed by atoms with Crippen molar-refractivity contribution in [3.05, 3.63) is 70.3 Å². The van der Waals surface area contributed by atoms with Gasteiger partial charge in [-0.3, -0.25) is 0 Å². The molecule has 0 fully saturated rings. The molecule has 0 atom stereocenters. The lowest BCUT2D eigenvalue weighted by Crippen LogP contribution is -2.11. The second-order valence-electron chi connectivity index (χ2n) is 5.22. The first-order valence-electron chi connectivity index (χ1n) is 7.88. The lowest BCUT2D eigenvalue weighted by molar-refractivity contribution is -0.139. The first kappa shape index (κ1) is 19.5. The third-order valence-electron chi connectivity index (χ3n) is 3.42. The van der Waals surface area contributed by atoms with Gasteiger partial charge in [-0.25, -0.2) is 4.79 Å². The fourth-order valence-corrected chi connectivity index (χ4v) is 2.28. The van der Waals surface area contributed by atoms with Crippen LogP contribution in [0.1, 0.15) is 11.1 Å². The minimum absolute atomic E-state index is 0.0823. The molecule has 0 radical (unpaired) electrons. The maximum absolute atomic E-state index is 12.0. The molecule has 5 nitrogen and oxygen atoms in total. The molecular weight excluding hydrogens is 354 g/mol. The Balaban J connectivity index is 2.15. The van der Waals surface area contributed by atoms with E-state index in [1.165, 1.54) is 13.2 Å². The van der Waals surface area contributed by atoms with Crippen molar-refractivity contribution >= 4 is 23.6 Å². The number of esters is 1. The van der Waals surface area contributed by atoms with Gasteiger partial charge in [-0.1, -0.05) is 48.0 Å². The van der Waals surface area contributed by atoms with Crippen LogP contribution in [0.4, 0.5) is 0 Å². The van der Waals surface area contributed by atoms with Crippen LogP contribution in [-0.4, -0.2) is 26.3 Å². The van der Waals surface area contributed by atoms with E-state index in [1.54, 1.807) is 24.3 Å². The van der Waals surface area contributed by atoms with Crippen molar-refractivity contribution < 1.29 is 19.0 Å². The topological polar surface area (TPSA) is 68.5 Å². The smallest absolute Gasteiger partial charge is 0.348 e. The zero-order chi connectivity index (χ0) is 18.8. The largest absolute Gasteiger partial charge is 0.488 e. The van der Waals surface area contributed by atoms with Gasteiger partial charge in [0.15, 0.2) is 0 Å². The number of nitrogens with zero attached hydrogens (tertiary/aromatic N) is 1. The van der Waals surface area contributed by atoms with Gasteiger partial charge in [0.2, 0.25) is 0 Å². The number of ether oxygens (including phenoxy) is 3. The van der Waals surface area contributed by atoms with Crippen molar-refractivity contribution in [2.24, 2.45) is 0 Å². The van der Waals surface area contributed by atoms with Gasteiger partial charge < -0.3 is 14.2 Å². The lowest BCUT2D eigenvalue weighted by Gasteiger charge is -2.10. The number of carbonyl (C=O) groups is 1. The fraction of sp³-hybridized carbons (Fsp3) is 0.200. The van der Waals surface area contributed by atoms with Crippen LogP contribution in [0.15, 0.2) is 54.1 Å². The molecule has 0 bridgehead atoms. The van der Waals surface area contributed by atoms with E-state index in [1.807, 2.05) is 30.3 Å². The predicted molar refractivity (Wildman–Crippen MR) is 98.7 cm³/mol. The second-order valence-corrected chi connectivity index (χ2v) is 5.62. The maximum atomic E-state index is 12.0. The predicted octanol–water partition coefficient (Wildman–Crippen LogP) is 4.02. The Labute approximate surface area is 157 Å². The van der Waals surface area contributed by atoms with Gasteiger partial charge in [0, 0.05) is 23.3 Å². The molecule has 0 N–H and O–H groups in total. The zero-order valence-electron chi connectivity index (χ0n) is 14.3. The molecule has 0 unspecified atom stereocenters. The highest BCUT2D eigenvalue weighted by Gasteiger charge is 2.12. The van der Waals surface area contributed by atoms with Gasteiger partial charge in [0.1, 0.15) is 30.6 Å². The summed E-state index contributed by atoms with van der Waals surface area (Å²) in [5, 5.41) is 9.85. The number of benzene rings is 2. The molecular formula is C20H18ClNO4. The number of hydrogen-bond acceptors (Lipinski definition) is 5. The highest BCUT2D eigenvalue weighted by Crippen LogP contribution is 2.24. The minimum atomic E-state index is -0.703. The van der Waals surface area contributed by atoms with E-state index < -0.39 is 5.97 Å². The molecule has 0 saturated heterocycles. The summed E-state index contributed by atoms with van der Waals surface area (Å²) in [7, 11) is 1.50. The third-order valence-corrected chi connectivity index (χ3v) is 3.79. The van der Waals surface area contributed by atoms with Crippen LogP contribution in [0.3, 0.4) is 0 Å². The highest BCUT2D eigenvalue weighted by molar-refractivity contribution is 6.31. The van der Waals surface area contributed by atoms with E-state index in [0.29, 0.717) is 16.3 Å². The summed E-state index contributed by atoms with van der Waals surface area (Å²) >= 11 is 6.13. The summed E-state index contributed by atoms with van der Waals surface area (Å²) in [6.07, 6.45) is 1.44. The summed E-state index contributed by atoms with van der Waals surface area (Å²) in [5.41, 5.74) is 1.32. The molecule has 2 rings (SSSR count). The molecule has 0 heterocycles. The Morgan fingerprint density at radius 2 is 1.88 bits per heavy atom. The van der Waals surface area contributed by atoms with Gasteiger partial charge >= 0.3 is 5.97 Å². The van der Waals surface area contributed by atoms with E-state index in [4.69, 9.17) is 25.8 Å². The Bertz CT molecular complexity index is 827. The highest BCUT2D eigenvalue weighted by atomic mass is 35.5. The van der Waals surface area contributed by atoms with Crippen molar-refractivity contribution in [3.63, 3.8) is 0 Å². The Morgan fingerprint density at radius 3 is 2.62 bits per heavy atom. The standard InChI is InChI=1S/C20H18ClNO4/c1-24-10-11-25-20(23)17(13-22)12-15-6-3-5-9-19(15)26-14-16-7-2-4-8-18(16)21/h2-9,12H,10-11,14H2,1H3. The van der Waals surface area contributed by atoms with Crippen molar-refractivity contribution in [2.75, 3.05) is 20.3 Å². The van der Waals surface area contributed by atoms with E-state index in [9.17, 15) is 10.1 Å². The van der Waals surface area contributed by atoms with Crippen molar-refractivity contribution in [2.45, 2.75) is 6.61 Å². The molecule has 134 valence electrons. The maximum Gasteiger partial charge on any atom is 0.348 e. The summed E-state index contributed by atoms with van der Waals surface area (Å²) < 4.78 is 15.6. The third kappa shape index (κ3) is 5.62. The van der Waals surface area contributed by atoms with Crippen LogP contribution < -0.4 is 4.74 Å². The first-order chi connectivity index (χ1) is 12.7. The van der Waals surface area contributed by atoms with Gasteiger partial charge in [-0.05, 0) is 18.2 Å². The quantitative estimate of drug-likeness (QED) is 0.303. The molecule has 2 aromatic rings. The van der Waals surface area contributed by atoms with Gasteiger partial charge in [0.25, 0.3) is 0 Å². The second kappa shape index (κ2) is 10.2. The summed E-state index contributed by atoms with van der Waals surface area (Å²) in [6, 6.07) is 16.3. The number of rotatable bonds is 8. The van der Waals surface area contributed by atoms with Crippen LogP contribution in [0, 0.1) is 11.3 Å². The monoisotopic (exact) mass is 371 g/mol. The molecule has 2 aromatic carbocycles. The molecule has 0 spiro atoms. The number of methoxy groups -OCH3 is 1. The van der Waals surface area contributed by atoms with Crippen LogP contribution in [0.5, 0.6) is 5.75 Å². The number of hydrogen-bond donors (Lipinski definition) is 0.